The Labute approximate surface area is 107 Å². The highest BCUT2D eigenvalue weighted by Crippen LogP contribution is 2.25. The lowest BCUT2D eigenvalue weighted by atomic mass is 9.87. The van der Waals surface area contributed by atoms with Crippen LogP contribution in [0.1, 0.15) is 20.3 Å². The maximum atomic E-state index is 12.1. The number of aliphatic carboxylic acids is 1. The highest BCUT2D eigenvalue weighted by Gasteiger charge is 2.38. The van der Waals surface area contributed by atoms with E-state index in [9.17, 15) is 9.59 Å². The zero-order valence-corrected chi connectivity index (χ0v) is 10.9. The van der Waals surface area contributed by atoms with Crippen LogP contribution < -0.4 is 0 Å². The molecule has 1 unspecified atom stereocenters. The molecule has 0 spiro atoms. The van der Waals surface area contributed by atoms with Gasteiger partial charge in [-0.2, -0.15) is 0 Å². The number of hydrogen-bond acceptors (Lipinski definition) is 2. The maximum absolute atomic E-state index is 12.1. The number of nitrogens with zero attached hydrogens (tertiary/aromatic N) is 2. The van der Waals surface area contributed by atoms with Gasteiger partial charge >= 0.3 is 12.0 Å². The Morgan fingerprint density at radius 3 is 2.56 bits per heavy atom. The van der Waals surface area contributed by atoms with E-state index < -0.39 is 5.97 Å². The van der Waals surface area contributed by atoms with Crippen molar-refractivity contribution in [1.82, 2.24) is 9.80 Å². The van der Waals surface area contributed by atoms with Gasteiger partial charge in [-0.3, -0.25) is 4.79 Å². The van der Waals surface area contributed by atoms with Crippen molar-refractivity contribution in [2.24, 2.45) is 11.8 Å². The lowest BCUT2D eigenvalue weighted by Crippen LogP contribution is -2.57. The van der Waals surface area contributed by atoms with Crippen LogP contribution in [-0.4, -0.2) is 53.1 Å². The predicted octanol–water partition coefficient (Wildman–Crippen LogP) is 1.41. The normalized spacial score (nSPS) is 22.2. The zero-order chi connectivity index (χ0) is 13.3. The fourth-order valence-electron chi connectivity index (χ4n) is 2.33. The fraction of sp³-hybridized carbons (Fsp3) is 0.692. The molecule has 1 atom stereocenters. The summed E-state index contributed by atoms with van der Waals surface area (Å²) in [4.78, 5) is 26.5. The Kier molecular flexibility index (Phi) is 3.59. The lowest BCUT2D eigenvalue weighted by Gasteiger charge is -2.43. The van der Waals surface area contributed by atoms with Crippen LogP contribution in [0.5, 0.6) is 0 Å². The number of carbonyl (C=O) groups is 2. The molecule has 2 amide bonds. The van der Waals surface area contributed by atoms with E-state index in [0.29, 0.717) is 19.6 Å². The van der Waals surface area contributed by atoms with Gasteiger partial charge in [0.25, 0.3) is 0 Å². The Bertz CT molecular complexity index is 386. The van der Waals surface area contributed by atoms with Gasteiger partial charge < -0.3 is 14.9 Å². The minimum atomic E-state index is -0.774. The molecule has 100 valence electrons. The number of carboxylic acid groups (broad SMARTS) is 1. The smallest absolute Gasteiger partial charge is 0.320 e. The SMILES string of the molecule is CC1=CCN(C(=O)N2CC(C(C)C(=O)O)C2)CC1. The van der Waals surface area contributed by atoms with Gasteiger partial charge in [-0.25, -0.2) is 4.79 Å². The second-order valence-electron chi connectivity index (χ2n) is 5.32. The van der Waals surface area contributed by atoms with Gasteiger partial charge in [0, 0.05) is 32.1 Å². The molecule has 0 aliphatic carbocycles. The van der Waals surface area contributed by atoms with E-state index in [4.69, 9.17) is 5.11 Å². The summed E-state index contributed by atoms with van der Waals surface area (Å²) >= 11 is 0. The topological polar surface area (TPSA) is 60.9 Å². The second-order valence-corrected chi connectivity index (χ2v) is 5.32. The fourth-order valence-corrected chi connectivity index (χ4v) is 2.33. The van der Waals surface area contributed by atoms with E-state index in [1.54, 1.807) is 11.8 Å². The van der Waals surface area contributed by atoms with Gasteiger partial charge in [0.1, 0.15) is 0 Å². The molecule has 5 heteroatoms. The Balaban J connectivity index is 1.82. The third kappa shape index (κ3) is 2.49. The van der Waals surface area contributed by atoms with Crippen molar-refractivity contribution >= 4 is 12.0 Å². The van der Waals surface area contributed by atoms with Crippen molar-refractivity contribution in [1.29, 1.82) is 0 Å². The second kappa shape index (κ2) is 5.00. The molecule has 2 rings (SSSR count). The highest BCUT2D eigenvalue weighted by molar-refractivity contribution is 5.76. The average Bonchev–Trinajstić information content (AvgIpc) is 2.27. The number of amides is 2. The van der Waals surface area contributed by atoms with Gasteiger partial charge in [0.15, 0.2) is 0 Å². The molecular weight excluding hydrogens is 232 g/mol. The average molecular weight is 252 g/mol. The molecule has 18 heavy (non-hydrogen) atoms. The van der Waals surface area contributed by atoms with Crippen LogP contribution in [0.25, 0.3) is 0 Å². The predicted molar refractivity (Wildman–Crippen MR) is 67.2 cm³/mol. The van der Waals surface area contributed by atoms with Crippen molar-refractivity contribution in [3.05, 3.63) is 11.6 Å². The molecule has 1 fully saturated rings. The Morgan fingerprint density at radius 2 is 2.06 bits per heavy atom. The standard InChI is InChI=1S/C13H20N2O3/c1-9-3-5-14(6-4-9)13(18)15-7-11(8-15)10(2)12(16)17/h3,10-11H,4-8H2,1-2H3,(H,16,17). The maximum Gasteiger partial charge on any atom is 0.320 e. The summed E-state index contributed by atoms with van der Waals surface area (Å²) < 4.78 is 0. The Morgan fingerprint density at radius 1 is 1.39 bits per heavy atom. The van der Waals surface area contributed by atoms with Crippen LogP contribution in [0.4, 0.5) is 4.79 Å². The molecule has 1 N–H and O–H groups in total. The van der Waals surface area contributed by atoms with Crippen molar-refractivity contribution in [2.75, 3.05) is 26.2 Å². The summed E-state index contributed by atoms with van der Waals surface area (Å²) in [5, 5.41) is 8.90. The summed E-state index contributed by atoms with van der Waals surface area (Å²) in [7, 11) is 0. The van der Waals surface area contributed by atoms with Gasteiger partial charge in [-0.15, -0.1) is 0 Å². The summed E-state index contributed by atoms with van der Waals surface area (Å²) in [6, 6.07) is 0.0487. The van der Waals surface area contributed by atoms with E-state index >= 15 is 0 Å². The van der Waals surface area contributed by atoms with Crippen LogP contribution in [0.2, 0.25) is 0 Å². The summed E-state index contributed by atoms with van der Waals surface area (Å²) in [6.45, 7) is 6.39. The van der Waals surface area contributed by atoms with E-state index in [0.717, 1.165) is 13.0 Å². The molecule has 5 nitrogen and oxygen atoms in total. The van der Waals surface area contributed by atoms with Crippen LogP contribution in [0.15, 0.2) is 11.6 Å². The minimum Gasteiger partial charge on any atom is -0.481 e. The van der Waals surface area contributed by atoms with E-state index in [2.05, 4.69) is 13.0 Å². The molecule has 2 heterocycles. The number of urea groups is 1. The molecule has 1 saturated heterocycles. The third-order valence-corrected chi connectivity index (χ3v) is 3.98. The van der Waals surface area contributed by atoms with E-state index in [1.807, 2.05) is 4.90 Å². The number of carboxylic acids is 1. The molecule has 0 saturated carbocycles. The van der Waals surface area contributed by atoms with Crippen LogP contribution in [0, 0.1) is 11.8 Å². The number of rotatable bonds is 2. The minimum absolute atomic E-state index is 0.0487. The molecule has 2 aliphatic heterocycles. The van der Waals surface area contributed by atoms with Gasteiger partial charge in [0.2, 0.25) is 0 Å². The van der Waals surface area contributed by atoms with E-state index in [-0.39, 0.29) is 17.9 Å². The lowest BCUT2D eigenvalue weighted by molar-refractivity contribution is -0.144. The number of hydrogen-bond donors (Lipinski definition) is 1. The van der Waals surface area contributed by atoms with Crippen molar-refractivity contribution in [3.63, 3.8) is 0 Å². The molecule has 2 aliphatic rings. The molecule has 0 aromatic carbocycles. The highest BCUT2D eigenvalue weighted by atomic mass is 16.4. The Hall–Kier alpha value is -1.52. The summed E-state index contributed by atoms with van der Waals surface area (Å²) in [5.41, 5.74) is 1.33. The zero-order valence-electron chi connectivity index (χ0n) is 10.9. The quantitative estimate of drug-likeness (QED) is 0.756. The molecule has 0 radical (unpaired) electrons. The first-order valence-electron chi connectivity index (χ1n) is 6.41. The molecule has 0 aromatic heterocycles. The van der Waals surface area contributed by atoms with Crippen LogP contribution >= 0.6 is 0 Å². The number of likely N-dealkylation sites (tertiary alicyclic amines) is 1. The van der Waals surface area contributed by atoms with Gasteiger partial charge in [0.05, 0.1) is 5.92 Å². The van der Waals surface area contributed by atoms with Gasteiger partial charge in [-0.05, 0) is 13.3 Å². The van der Waals surface area contributed by atoms with E-state index in [1.165, 1.54) is 5.57 Å². The third-order valence-electron chi connectivity index (χ3n) is 3.98. The first kappa shape index (κ1) is 12.9. The summed E-state index contributed by atoms with van der Waals surface area (Å²) in [5.74, 6) is -1.03. The van der Waals surface area contributed by atoms with Crippen molar-refractivity contribution in [2.45, 2.75) is 20.3 Å². The largest absolute Gasteiger partial charge is 0.481 e. The van der Waals surface area contributed by atoms with Gasteiger partial charge in [-0.1, -0.05) is 18.6 Å². The van der Waals surface area contributed by atoms with Crippen LogP contribution in [-0.2, 0) is 4.79 Å². The number of carbonyl (C=O) groups excluding carboxylic acids is 1. The van der Waals surface area contributed by atoms with Crippen molar-refractivity contribution < 1.29 is 14.7 Å². The summed E-state index contributed by atoms with van der Waals surface area (Å²) in [6.07, 6.45) is 3.02. The first-order chi connectivity index (χ1) is 8.49. The molecular formula is C13H20N2O3. The van der Waals surface area contributed by atoms with Crippen molar-refractivity contribution in [3.8, 4) is 0 Å². The molecule has 0 aromatic rings. The molecule has 0 bridgehead atoms. The first-order valence-corrected chi connectivity index (χ1v) is 6.41. The monoisotopic (exact) mass is 252 g/mol. The van der Waals surface area contributed by atoms with Crippen LogP contribution in [0.3, 0.4) is 0 Å².